The lowest BCUT2D eigenvalue weighted by Crippen LogP contribution is -2.47. The van der Waals surface area contributed by atoms with Crippen molar-refractivity contribution < 1.29 is 0 Å². The van der Waals surface area contributed by atoms with Crippen molar-refractivity contribution >= 4 is 27.4 Å². The zero-order chi connectivity index (χ0) is 17.3. The summed E-state index contributed by atoms with van der Waals surface area (Å²) in [6, 6.07) is 8.59. The molecule has 2 N–H and O–H groups in total. The molecule has 2 fully saturated rings. The highest BCUT2D eigenvalue weighted by atomic mass is 32.1. The molecule has 25 heavy (non-hydrogen) atoms. The van der Waals surface area contributed by atoms with E-state index >= 15 is 0 Å². The van der Waals surface area contributed by atoms with E-state index < -0.39 is 0 Å². The Balaban J connectivity index is 1.26. The molecule has 2 aromatic rings. The third kappa shape index (κ3) is 3.99. The Morgan fingerprint density at radius 1 is 1.16 bits per heavy atom. The van der Waals surface area contributed by atoms with Crippen LogP contribution in [0.15, 0.2) is 24.3 Å². The molecule has 1 aromatic carbocycles. The summed E-state index contributed by atoms with van der Waals surface area (Å²) in [5.41, 5.74) is 6.35. The van der Waals surface area contributed by atoms with Gasteiger partial charge in [0.25, 0.3) is 0 Å². The fourth-order valence-corrected chi connectivity index (χ4v) is 5.07. The number of anilines is 1. The predicted molar refractivity (Wildman–Crippen MR) is 107 cm³/mol. The third-order valence-electron chi connectivity index (χ3n) is 6.13. The summed E-state index contributed by atoms with van der Waals surface area (Å²) in [5.74, 6) is 2.08. The van der Waals surface area contributed by atoms with Crippen molar-refractivity contribution in [3.8, 4) is 0 Å². The van der Waals surface area contributed by atoms with Gasteiger partial charge in [0, 0.05) is 37.1 Å². The number of hydrogen-bond donors (Lipinski definition) is 1. The number of aromatic nitrogens is 1. The van der Waals surface area contributed by atoms with Crippen LogP contribution in [-0.2, 0) is 0 Å². The Morgan fingerprint density at radius 2 is 1.88 bits per heavy atom. The van der Waals surface area contributed by atoms with Gasteiger partial charge in [0.15, 0.2) is 0 Å². The van der Waals surface area contributed by atoms with E-state index in [1.54, 1.807) is 11.5 Å². The van der Waals surface area contributed by atoms with Gasteiger partial charge in [0.05, 0.1) is 4.70 Å². The molecule has 4 rings (SSSR count). The van der Waals surface area contributed by atoms with Gasteiger partial charge in [-0.05, 0) is 75.2 Å². The molecule has 1 aliphatic carbocycles. The van der Waals surface area contributed by atoms with Crippen LogP contribution >= 0.6 is 11.5 Å². The first-order valence-electron chi connectivity index (χ1n) is 9.71. The largest absolute Gasteiger partial charge is 0.353 e. The smallest absolute Gasteiger partial charge is 0.150 e. The van der Waals surface area contributed by atoms with Gasteiger partial charge in [-0.1, -0.05) is 12.1 Å². The van der Waals surface area contributed by atoms with Crippen molar-refractivity contribution in [2.45, 2.75) is 44.6 Å². The lowest BCUT2D eigenvalue weighted by atomic mass is 9.77. The fraction of sp³-hybridized carbons (Fsp3) is 0.650. The van der Waals surface area contributed by atoms with Gasteiger partial charge in [-0.3, -0.25) is 4.90 Å². The first-order chi connectivity index (χ1) is 12.1. The van der Waals surface area contributed by atoms with E-state index in [1.165, 1.54) is 54.6 Å². The summed E-state index contributed by atoms with van der Waals surface area (Å²) in [4.78, 5) is 5.11. The summed E-state index contributed by atoms with van der Waals surface area (Å²) in [6.07, 6.45) is 6.37. The van der Waals surface area contributed by atoms with Crippen molar-refractivity contribution in [2.75, 3.05) is 37.6 Å². The minimum atomic E-state index is 0.0957. The van der Waals surface area contributed by atoms with Crippen LogP contribution in [0.5, 0.6) is 0 Å². The number of benzene rings is 1. The van der Waals surface area contributed by atoms with Crippen molar-refractivity contribution in [3.63, 3.8) is 0 Å². The van der Waals surface area contributed by atoms with Gasteiger partial charge in [-0.25, -0.2) is 0 Å². The van der Waals surface area contributed by atoms with Gasteiger partial charge in [0.1, 0.15) is 5.82 Å². The van der Waals surface area contributed by atoms with Crippen LogP contribution in [0, 0.1) is 5.92 Å². The van der Waals surface area contributed by atoms with E-state index in [0.29, 0.717) is 0 Å². The molecule has 0 bridgehead atoms. The average molecular weight is 359 g/mol. The maximum atomic E-state index is 6.26. The second-order valence-corrected chi connectivity index (χ2v) is 9.02. The summed E-state index contributed by atoms with van der Waals surface area (Å²) >= 11 is 1.62. The number of piperazine rings is 1. The third-order valence-corrected chi connectivity index (χ3v) is 6.95. The van der Waals surface area contributed by atoms with Crippen molar-refractivity contribution in [1.29, 1.82) is 0 Å². The molecule has 1 saturated carbocycles. The zero-order valence-corrected chi connectivity index (χ0v) is 16.1. The second kappa shape index (κ2) is 7.22. The van der Waals surface area contributed by atoms with Crippen LogP contribution in [0.25, 0.3) is 10.1 Å². The summed E-state index contributed by atoms with van der Waals surface area (Å²) in [6.45, 7) is 7.97. The number of rotatable bonds is 4. The van der Waals surface area contributed by atoms with Crippen molar-refractivity contribution in [3.05, 3.63) is 24.3 Å². The van der Waals surface area contributed by atoms with E-state index in [1.807, 2.05) is 0 Å². The fourth-order valence-electron chi connectivity index (χ4n) is 4.27. The standard InChI is InChI=1S/C20H30N4S/c1-20(21)9-6-16(7-10-20)8-11-23-12-14-24(15-13-23)19-17-4-2-3-5-18(17)25-22-19/h2-5,16H,6-15,21H2,1H3. The van der Waals surface area contributed by atoms with E-state index in [2.05, 4.69) is 41.0 Å². The van der Waals surface area contributed by atoms with Crippen LogP contribution in [0.2, 0.25) is 0 Å². The minimum absolute atomic E-state index is 0.0957. The summed E-state index contributed by atoms with van der Waals surface area (Å²) in [7, 11) is 0. The highest BCUT2D eigenvalue weighted by Gasteiger charge is 2.28. The molecule has 1 aliphatic heterocycles. The molecular weight excluding hydrogens is 328 g/mol. The van der Waals surface area contributed by atoms with Crippen LogP contribution in [-0.4, -0.2) is 47.5 Å². The number of nitrogens with two attached hydrogens (primary N) is 1. The number of nitrogens with zero attached hydrogens (tertiary/aromatic N) is 3. The van der Waals surface area contributed by atoms with Gasteiger partial charge < -0.3 is 10.6 Å². The van der Waals surface area contributed by atoms with E-state index in [4.69, 9.17) is 10.1 Å². The first-order valence-corrected chi connectivity index (χ1v) is 10.5. The van der Waals surface area contributed by atoms with Crippen LogP contribution < -0.4 is 10.6 Å². The Labute approximate surface area is 155 Å². The molecule has 2 aliphatic rings. The Bertz CT molecular complexity index is 693. The van der Waals surface area contributed by atoms with Gasteiger partial charge in [-0.15, -0.1) is 0 Å². The van der Waals surface area contributed by atoms with E-state index in [-0.39, 0.29) is 5.54 Å². The molecule has 5 heteroatoms. The summed E-state index contributed by atoms with van der Waals surface area (Å²) < 4.78 is 6.01. The molecule has 2 heterocycles. The molecule has 0 spiro atoms. The van der Waals surface area contributed by atoms with Crippen molar-refractivity contribution in [2.24, 2.45) is 11.7 Å². The Morgan fingerprint density at radius 3 is 2.64 bits per heavy atom. The van der Waals surface area contributed by atoms with Gasteiger partial charge >= 0.3 is 0 Å². The molecule has 0 radical (unpaired) electrons. The molecule has 1 aromatic heterocycles. The molecule has 0 unspecified atom stereocenters. The highest BCUT2D eigenvalue weighted by Crippen LogP contribution is 2.32. The molecule has 0 amide bonds. The van der Waals surface area contributed by atoms with Crippen LogP contribution in [0.3, 0.4) is 0 Å². The van der Waals surface area contributed by atoms with Crippen molar-refractivity contribution in [1.82, 2.24) is 9.27 Å². The second-order valence-electron chi connectivity index (χ2n) is 8.22. The topological polar surface area (TPSA) is 45.4 Å². The minimum Gasteiger partial charge on any atom is -0.353 e. The Kier molecular flexibility index (Phi) is 4.98. The molecule has 136 valence electrons. The SMILES string of the molecule is CC1(N)CCC(CCN2CCN(c3nsc4ccccc34)CC2)CC1. The van der Waals surface area contributed by atoms with Crippen LogP contribution in [0.1, 0.15) is 39.0 Å². The average Bonchev–Trinajstić information content (AvgIpc) is 3.05. The predicted octanol–water partition coefficient (Wildman–Crippen LogP) is 3.72. The monoisotopic (exact) mass is 358 g/mol. The van der Waals surface area contributed by atoms with E-state index in [0.717, 1.165) is 32.1 Å². The maximum Gasteiger partial charge on any atom is 0.150 e. The molecular formula is C20H30N4S. The molecule has 4 nitrogen and oxygen atoms in total. The number of fused-ring (bicyclic) bond motifs is 1. The Hall–Kier alpha value is -1.17. The van der Waals surface area contributed by atoms with E-state index in [9.17, 15) is 0 Å². The first kappa shape index (κ1) is 17.3. The zero-order valence-electron chi connectivity index (χ0n) is 15.3. The van der Waals surface area contributed by atoms with Gasteiger partial charge in [0.2, 0.25) is 0 Å². The normalized spacial score (nSPS) is 28.6. The highest BCUT2D eigenvalue weighted by molar-refractivity contribution is 7.13. The lowest BCUT2D eigenvalue weighted by molar-refractivity contribution is 0.196. The molecule has 1 saturated heterocycles. The maximum absolute atomic E-state index is 6.26. The quantitative estimate of drug-likeness (QED) is 0.905. The summed E-state index contributed by atoms with van der Waals surface area (Å²) in [5, 5.41) is 1.31. The lowest BCUT2D eigenvalue weighted by Gasteiger charge is -2.37. The number of hydrogen-bond acceptors (Lipinski definition) is 5. The van der Waals surface area contributed by atoms with Crippen LogP contribution in [0.4, 0.5) is 5.82 Å². The van der Waals surface area contributed by atoms with Gasteiger partial charge in [-0.2, -0.15) is 4.37 Å². The molecule has 0 atom stereocenters.